The van der Waals surface area contributed by atoms with Crippen molar-refractivity contribution in [3.8, 4) is 5.75 Å². The summed E-state index contributed by atoms with van der Waals surface area (Å²) >= 11 is 5.82. The lowest BCUT2D eigenvalue weighted by molar-refractivity contribution is -0.140. The summed E-state index contributed by atoms with van der Waals surface area (Å²) in [5.41, 5.74) is 2.07. The summed E-state index contributed by atoms with van der Waals surface area (Å²) in [6.45, 7) is -0.243. The molecule has 4 aromatic rings. The minimum absolute atomic E-state index is 0.0155. The Balaban J connectivity index is 1.51. The highest BCUT2D eigenvalue weighted by Crippen LogP contribution is 2.32. The summed E-state index contributed by atoms with van der Waals surface area (Å²) in [5, 5.41) is 17.2. The lowest BCUT2D eigenvalue weighted by Crippen LogP contribution is -2.23. The van der Waals surface area contributed by atoms with Crippen LogP contribution in [0.15, 0.2) is 77.9 Å². The van der Waals surface area contributed by atoms with Gasteiger partial charge in [-0.15, -0.1) is 0 Å². The second kappa shape index (κ2) is 10.9. The maximum absolute atomic E-state index is 13.5. The fourth-order valence-electron chi connectivity index (χ4n) is 3.68. The highest BCUT2D eigenvalue weighted by molar-refractivity contribution is 6.32. The molecule has 194 valence electrons. The minimum atomic E-state index is -4.85. The number of carbonyl (C=O) groups excluding carboxylic acids is 2. The van der Waals surface area contributed by atoms with Crippen LogP contribution in [0.4, 0.5) is 17.6 Å². The zero-order valence-corrected chi connectivity index (χ0v) is 20.1. The molecule has 0 heterocycles. The van der Waals surface area contributed by atoms with Crippen LogP contribution >= 0.6 is 11.6 Å². The summed E-state index contributed by atoms with van der Waals surface area (Å²) in [6.07, 6.45) is -3.46. The second-order valence-corrected chi connectivity index (χ2v) is 8.52. The Hall–Kier alpha value is -4.44. The molecule has 0 spiro atoms. The van der Waals surface area contributed by atoms with E-state index < -0.39 is 29.4 Å². The first kappa shape index (κ1) is 26.6. The Labute approximate surface area is 218 Å². The van der Waals surface area contributed by atoms with Gasteiger partial charge in [0.25, 0.3) is 11.8 Å². The fourth-order valence-corrected chi connectivity index (χ4v) is 3.86. The molecular formula is C27H18ClF4N3O3. The van der Waals surface area contributed by atoms with Gasteiger partial charge >= 0.3 is 6.18 Å². The summed E-state index contributed by atoms with van der Waals surface area (Å²) in [7, 11) is 0. The molecule has 0 saturated carbocycles. The Morgan fingerprint density at radius 2 is 1.68 bits per heavy atom. The van der Waals surface area contributed by atoms with E-state index in [0.29, 0.717) is 28.5 Å². The maximum Gasteiger partial charge on any atom is 0.419 e. The van der Waals surface area contributed by atoms with E-state index in [1.807, 2.05) is 0 Å². The molecule has 38 heavy (non-hydrogen) atoms. The predicted octanol–water partition coefficient (Wildman–Crippen LogP) is 6.05. The van der Waals surface area contributed by atoms with Crippen molar-refractivity contribution < 1.29 is 32.3 Å². The molecule has 0 aliphatic heterocycles. The molecule has 0 atom stereocenters. The molecule has 0 aromatic heterocycles. The van der Waals surface area contributed by atoms with Gasteiger partial charge in [0.1, 0.15) is 11.6 Å². The van der Waals surface area contributed by atoms with Crippen LogP contribution in [0.5, 0.6) is 5.75 Å². The number of aromatic hydroxyl groups is 1. The average Bonchev–Trinajstić information content (AvgIpc) is 2.88. The monoisotopic (exact) mass is 543 g/mol. The third kappa shape index (κ3) is 5.92. The summed E-state index contributed by atoms with van der Waals surface area (Å²) in [4.78, 5) is 25.2. The van der Waals surface area contributed by atoms with E-state index in [2.05, 4.69) is 15.8 Å². The van der Waals surface area contributed by atoms with E-state index in [4.69, 9.17) is 11.6 Å². The number of phenols is 1. The van der Waals surface area contributed by atoms with Gasteiger partial charge in [-0.05, 0) is 52.7 Å². The van der Waals surface area contributed by atoms with Crippen LogP contribution in [0.1, 0.15) is 37.4 Å². The van der Waals surface area contributed by atoms with Crippen molar-refractivity contribution in [1.29, 1.82) is 0 Å². The lowest BCUT2D eigenvalue weighted by Gasteiger charge is -2.12. The third-order valence-corrected chi connectivity index (χ3v) is 5.87. The average molecular weight is 544 g/mol. The number of alkyl halides is 3. The van der Waals surface area contributed by atoms with Crippen LogP contribution in [0, 0.1) is 5.82 Å². The molecule has 2 amide bonds. The summed E-state index contributed by atoms with van der Waals surface area (Å²) < 4.78 is 52.5. The van der Waals surface area contributed by atoms with E-state index in [1.54, 1.807) is 30.3 Å². The van der Waals surface area contributed by atoms with Crippen LogP contribution < -0.4 is 10.7 Å². The second-order valence-electron chi connectivity index (χ2n) is 8.11. The SMILES string of the molecule is O=C(NN=Cc1ccc(C(=O)NCc2ccc(F)c(C(F)(F)F)c2)c2ccccc12)c1ccc(O)c(Cl)c1. The number of hydrazone groups is 1. The van der Waals surface area contributed by atoms with Crippen LogP contribution in [0.2, 0.25) is 5.02 Å². The van der Waals surface area contributed by atoms with E-state index in [9.17, 15) is 32.3 Å². The van der Waals surface area contributed by atoms with Crippen molar-refractivity contribution in [1.82, 2.24) is 10.7 Å². The van der Waals surface area contributed by atoms with Crippen LogP contribution in [-0.4, -0.2) is 23.1 Å². The van der Waals surface area contributed by atoms with Crippen molar-refractivity contribution in [3.05, 3.63) is 111 Å². The van der Waals surface area contributed by atoms with Gasteiger partial charge in [0, 0.05) is 23.2 Å². The van der Waals surface area contributed by atoms with Crippen molar-refractivity contribution in [2.45, 2.75) is 12.7 Å². The number of amides is 2. The molecule has 0 fully saturated rings. The molecule has 0 unspecified atom stereocenters. The quantitative estimate of drug-likeness (QED) is 0.157. The summed E-state index contributed by atoms with van der Waals surface area (Å²) in [6, 6.07) is 16.5. The number of hydrogen-bond donors (Lipinski definition) is 3. The van der Waals surface area contributed by atoms with Crippen LogP contribution in [-0.2, 0) is 12.7 Å². The molecule has 3 N–H and O–H groups in total. The largest absolute Gasteiger partial charge is 0.506 e. The maximum atomic E-state index is 13.5. The number of phenolic OH excluding ortho intramolecular Hbond substituents is 1. The highest BCUT2D eigenvalue weighted by Gasteiger charge is 2.34. The number of fused-ring (bicyclic) bond motifs is 1. The number of carbonyl (C=O) groups is 2. The first-order valence-corrected chi connectivity index (χ1v) is 11.4. The van der Waals surface area contributed by atoms with Crippen LogP contribution in [0.25, 0.3) is 10.8 Å². The van der Waals surface area contributed by atoms with Gasteiger partial charge < -0.3 is 10.4 Å². The molecule has 0 aliphatic rings. The molecule has 6 nitrogen and oxygen atoms in total. The molecule has 4 rings (SSSR count). The van der Waals surface area contributed by atoms with E-state index in [-0.39, 0.29) is 34.0 Å². The number of rotatable bonds is 6. The number of halogens is 5. The first-order valence-electron chi connectivity index (χ1n) is 11.0. The van der Waals surface area contributed by atoms with E-state index in [0.717, 1.165) is 0 Å². The van der Waals surface area contributed by atoms with Gasteiger partial charge in [0.15, 0.2) is 0 Å². The molecule has 0 saturated heterocycles. The zero-order valence-electron chi connectivity index (χ0n) is 19.3. The van der Waals surface area contributed by atoms with Crippen molar-refractivity contribution >= 4 is 40.4 Å². The normalized spacial score (nSPS) is 11.6. The number of nitrogens with one attached hydrogen (secondary N) is 2. The third-order valence-electron chi connectivity index (χ3n) is 5.57. The molecule has 0 bridgehead atoms. The zero-order chi connectivity index (χ0) is 27.4. The number of benzene rings is 4. The van der Waals surface area contributed by atoms with Crippen molar-refractivity contribution in [2.24, 2.45) is 5.10 Å². The molecule has 4 aromatic carbocycles. The van der Waals surface area contributed by atoms with E-state index in [1.165, 1.54) is 36.5 Å². The smallest absolute Gasteiger partial charge is 0.419 e. The molecule has 11 heteroatoms. The minimum Gasteiger partial charge on any atom is -0.506 e. The van der Waals surface area contributed by atoms with Gasteiger partial charge in [-0.1, -0.05) is 48.0 Å². The standard InChI is InChI=1S/C27H18ClF4N3O3/c28-22-12-16(7-10-24(22)36)25(37)35-34-14-17-6-8-20(19-4-2-1-3-18(17)19)26(38)33-13-15-5-9-23(29)21(11-15)27(30,31)32/h1-12,14,36H,13H2,(H,33,38)(H,35,37). The number of nitrogens with zero attached hydrogens (tertiary/aromatic N) is 1. The Morgan fingerprint density at radius 1 is 0.947 bits per heavy atom. The summed E-state index contributed by atoms with van der Waals surface area (Å²) in [5.74, 6) is -2.65. The van der Waals surface area contributed by atoms with Gasteiger partial charge in [-0.25, -0.2) is 9.82 Å². The predicted molar refractivity (Wildman–Crippen MR) is 135 cm³/mol. The molecule has 0 radical (unpaired) electrons. The first-order chi connectivity index (χ1) is 18.0. The fraction of sp³-hybridized carbons (Fsp3) is 0.0741. The lowest BCUT2D eigenvalue weighted by atomic mass is 9.99. The number of hydrogen-bond acceptors (Lipinski definition) is 4. The molecule has 0 aliphatic carbocycles. The van der Waals surface area contributed by atoms with Crippen molar-refractivity contribution in [2.75, 3.05) is 0 Å². The van der Waals surface area contributed by atoms with Crippen molar-refractivity contribution in [3.63, 3.8) is 0 Å². The Kier molecular flexibility index (Phi) is 7.63. The van der Waals surface area contributed by atoms with Gasteiger partial charge in [0.05, 0.1) is 16.8 Å². The Bertz CT molecular complexity index is 1570. The molecular weight excluding hydrogens is 526 g/mol. The van der Waals surface area contributed by atoms with Gasteiger partial charge in [-0.3, -0.25) is 9.59 Å². The Morgan fingerprint density at radius 3 is 2.39 bits per heavy atom. The van der Waals surface area contributed by atoms with E-state index >= 15 is 0 Å². The van der Waals surface area contributed by atoms with Gasteiger partial charge in [-0.2, -0.15) is 18.3 Å². The topological polar surface area (TPSA) is 90.8 Å². The van der Waals surface area contributed by atoms with Gasteiger partial charge in [0.2, 0.25) is 0 Å². The highest BCUT2D eigenvalue weighted by atomic mass is 35.5. The van der Waals surface area contributed by atoms with Crippen LogP contribution in [0.3, 0.4) is 0 Å².